The molecule has 0 unspecified atom stereocenters. The van der Waals surface area contributed by atoms with E-state index in [0.29, 0.717) is 0 Å². The second kappa shape index (κ2) is 6.28. The first-order valence-corrected chi connectivity index (χ1v) is 7.37. The Kier molecular flexibility index (Phi) is 4.02. The quantitative estimate of drug-likeness (QED) is 0.526. The van der Waals surface area contributed by atoms with Crippen LogP contribution in [-0.2, 0) is 0 Å². The Morgan fingerprint density at radius 1 is 0.500 bits per heavy atom. The molecule has 0 heterocycles. The van der Waals surface area contributed by atoms with Crippen LogP contribution in [0, 0.1) is 0 Å². The second-order valence-electron chi connectivity index (χ2n) is 5.16. The van der Waals surface area contributed by atoms with E-state index in [2.05, 4.69) is 73.8 Å². The van der Waals surface area contributed by atoms with E-state index in [1.165, 1.54) is 22.3 Å². The van der Waals surface area contributed by atoms with Gasteiger partial charge in [-0.25, -0.2) is 0 Å². The molecule has 0 amide bonds. The maximum atomic E-state index is 3.89. The third-order valence-electron chi connectivity index (χ3n) is 3.87. The fourth-order valence-electron chi connectivity index (χ4n) is 2.71. The molecule has 0 aliphatic rings. The van der Waals surface area contributed by atoms with Gasteiger partial charge in [0.25, 0.3) is 0 Å². The van der Waals surface area contributed by atoms with Crippen molar-refractivity contribution in [1.29, 1.82) is 0 Å². The first-order valence-electron chi connectivity index (χ1n) is 7.37. The molecule has 0 bridgehead atoms. The molecule has 0 saturated carbocycles. The van der Waals surface area contributed by atoms with Gasteiger partial charge in [0.2, 0.25) is 0 Å². The number of hydrogen-bond donors (Lipinski definition) is 0. The lowest BCUT2D eigenvalue weighted by Crippen LogP contribution is -1.85. The fraction of sp³-hybridized carbons (Fsp3) is 0. The third kappa shape index (κ3) is 2.64. The smallest absolute Gasteiger partial charge is 0.0112 e. The third-order valence-corrected chi connectivity index (χ3v) is 3.87. The van der Waals surface area contributed by atoms with E-state index in [1.807, 2.05) is 24.3 Å². The van der Waals surface area contributed by atoms with Gasteiger partial charge in [-0.3, -0.25) is 0 Å². The van der Waals surface area contributed by atoms with E-state index in [0.717, 1.165) is 11.1 Å². The highest BCUT2D eigenvalue weighted by molar-refractivity contribution is 5.79. The largest absolute Gasteiger partial charge is 0.0984 e. The van der Waals surface area contributed by atoms with Crippen LogP contribution in [0.1, 0.15) is 11.1 Å². The maximum Gasteiger partial charge on any atom is -0.0112 e. The molecule has 0 fully saturated rings. The molecule has 22 heavy (non-hydrogen) atoms. The predicted octanol–water partition coefficient (Wildman–Crippen LogP) is 6.31. The highest BCUT2D eigenvalue weighted by Gasteiger charge is 2.05. The molecule has 106 valence electrons. The van der Waals surface area contributed by atoms with E-state index in [9.17, 15) is 0 Å². The van der Waals surface area contributed by atoms with Crippen LogP contribution in [0.3, 0.4) is 0 Å². The summed E-state index contributed by atoms with van der Waals surface area (Å²) in [6, 6.07) is 25.3. The van der Waals surface area contributed by atoms with Gasteiger partial charge in [-0.05, 0) is 33.4 Å². The first-order chi connectivity index (χ1) is 10.8. The van der Waals surface area contributed by atoms with Crippen molar-refractivity contribution in [1.82, 2.24) is 0 Å². The van der Waals surface area contributed by atoms with Crippen LogP contribution in [-0.4, -0.2) is 0 Å². The lowest BCUT2D eigenvalue weighted by Gasteiger charge is -2.09. The average Bonchev–Trinajstić information content (AvgIpc) is 2.62. The Bertz CT molecular complexity index is 737. The summed E-state index contributed by atoms with van der Waals surface area (Å²) in [7, 11) is 0. The van der Waals surface area contributed by atoms with Crippen LogP contribution < -0.4 is 0 Å². The molecule has 3 aromatic rings. The van der Waals surface area contributed by atoms with Crippen LogP contribution in [0.5, 0.6) is 0 Å². The highest BCUT2D eigenvalue weighted by atomic mass is 14.1. The van der Waals surface area contributed by atoms with Crippen LogP contribution in [0.25, 0.3) is 34.4 Å². The Morgan fingerprint density at radius 2 is 0.864 bits per heavy atom. The molecule has 0 nitrogen and oxygen atoms in total. The van der Waals surface area contributed by atoms with Crippen molar-refractivity contribution in [3.05, 3.63) is 97.1 Å². The van der Waals surface area contributed by atoms with E-state index in [4.69, 9.17) is 0 Å². The van der Waals surface area contributed by atoms with Crippen molar-refractivity contribution in [2.24, 2.45) is 0 Å². The van der Waals surface area contributed by atoms with Gasteiger partial charge in [0, 0.05) is 0 Å². The highest BCUT2D eigenvalue weighted by Crippen LogP contribution is 2.29. The average molecular weight is 282 g/mol. The fourth-order valence-corrected chi connectivity index (χ4v) is 2.71. The molecule has 0 aliphatic carbocycles. The van der Waals surface area contributed by atoms with E-state index >= 15 is 0 Å². The molecule has 0 spiro atoms. The number of benzene rings is 3. The molecule has 0 heteroatoms. The summed E-state index contributed by atoms with van der Waals surface area (Å²) in [4.78, 5) is 0. The normalized spacial score (nSPS) is 10.2. The standard InChI is InChI=1S/C22H18/c1-3-17-9-5-7-11-21(17)19-13-15-20(16-14-19)22-12-8-6-10-18(22)4-2/h3-16H,1-2H2. The van der Waals surface area contributed by atoms with Gasteiger partial charge >= 0.3 is 0 Å². The summed E-state index contributed by atoms with van der Waals surface area (Å²) in [5.41, 5.74) is 7.14. The summed E-state index contributed by atoms with van der Waals surface area (Å²) in [5.74, 6) is 0. The van der Waals surface area contributed by atoms with Crippen molar-refractivity contribution in [2.75, 3.05) is 0 Å². The molecule has 0 N–H and O–H groups in total. The second-order valence-corrected chi connectivity index (χ2v) is 5.16. The molecular formula is C22H18. The van der Waals surface area contributed by atoms with Crippen LogP contribution in [0.2, 0.25) is 0 Å². The summed E-state index contributed by atoms with van der Waals surface area (Å²) in [5, 5.41) is 0. The molecule has 3 rings (SSSR count). The van der Waals surface area contributed by atoms with Gasteiger partial charge in [-0.2, -0.15) is 0 Å². The zero-order valence-electron chi connectivity index (χ0n) is 12.5. The maximum absolute atomic E-state index is 3.89. The molecule has 0 radical (unpaired) electrons. The first kappa shape index (κ1) is 14.1. The van der Waals surface area contributed by atoms with Crippen LogP contribution in [0.4, 0.5) is 0 Å². The van der Waals surface area contributed by atoms with Crippen molar-refractivity contribution < 1.29 is 0 Å². The zero-order chi connectivity index (χ0) is 15.4. The molecule has 0 saturated heterocycles. The van der Waals surface area contributed by atoms with Gasteiger partial charge in [0.15, 0.2) is 0 Å². The minimum Gasteiger partial charge on any atom is -0.0984 e. The molecule has 3 aromatic carbocycles. The van der Waals surface area contributed by atoms with E-state index in [1.54, 1.807) is 0 Å². The minimum atomic E-state index is 1.15. The summed E-state index contributed by atoms with van der Waals surface area (Å²) < 4.78 is 0. The molecule has 0 aromatic heterocycles. The predicted molar refractivity (Wildman–Crippen MR) is 97.5 cm³/mol. The molecule has 0 atom stereocenters. The van der Waals surface area contributed by atoms with E-state index in [-0.39, 0.29) is 0 Å². The van der Waals surface area contributed by atoms with Gasteiger partial charge < -0.3 is 0 Å². The van der Waals surface area contributed by atoms with Gasteiger partial charge in [-0.15, -0.1) is 0 Å². The Balaban J connectivity index is 2.03. The Hall–Kier alpha value is -2.86. The van der Waals surface area contributed by atoms with Gasteiger partial charge in [-0.1, -0.05) is 98.1 Å². The van der Waals surface area contributed by atoms with Crippen molar-refractivity contribution >= 4 is 12.2 Å². The summed E-state index contributed by atoms with van der Waals surface area (Å²) in [6.45, 7) is 7.79. The molecular weight excluding hydrogens is 264 g/mol. The summed E-state index contributed by atoms with van der Waals surface area (Å²) >= 11 is 0. The van der Waals surface area contributed by atoms with Crippen molar-refractivity contribution in [3.63, 3.8) is 0 Å². The monoisotopic (exact) mass is 282 g/mol. The number of hydrogen-bond acceptors (Lipinski definition) is 0. The zero-order valence-corrected chi connectivity index (χ0v) is 12.5. The lowest BCUT2D eigenvalue weighted by molar-refractivity contribution is 1.56. The van der Waals surface area contributed by atoms with Gasteiger partial charge in [0.1, 0.15) is 0 Å². The molecule has 0 aliphatic heterocycles. The van der Waals surface area contributed by atoms with E-state index < -0.39 is 0 Å². The minimum absolute atomic E-state index is 1.15. The number of rotatable bonds is 4. The van der Waals surface area contributed by atoms with Crippen LogP contribution in [0.15, 0.2) is 86.0 Å². The Morgan fingerprint density at radius 3 is 1.23 bits per heavy atom. The van der Waals surface area contributed by atoms with Crippen molar-refractivity contribution in [3.8, 4) is 22.3 Å². The lowest BCUT2D eigenvalue weighted by atomic mass is 9.95. The SMILES string of the molecule is C=Cc1ccccc1-c1ccc(-c2ccccc2C=C)cc1. The Labute approximate surface area is 132 Å². The van der Waals surface area contributed by atoms with Crippen molar-refractivity contribution in [2.45, 2.75) is 0 Å². The van der Waals surface area contributed by atoms with Gasteiger partial charge in [0.05, 0.1) is 0 Å². The van der Waals surface area contributed by atoms with Crippen LogP contribution >= 0.6 is 0 Å². The topological polar surface area (TPSA) is 0 Å². The summed E-state index contributed by atoms with van der Waals surface area (Å²) in [6.07, 6.45) is 3.80.